The second-order valence-corrected chi connectivity index (χ2v) is 15.9. The lowest BCUT2D eigenvalue weighted by Gasteiger charge is -2.37. The molecule has 3 unspecified atom stereocenters. The number of hydrogen-bond donors (Lipinski definition) is 3. The zero-order chi connectivity index (χ0) is 43.7. The number of hydrogen-bond acceptors (Lipinski definition) is 9. The molecule has 5 aromatic carbocycles. The van der Waals surface area contributed by atoms with E-state index in [1.807, 2.05) is 54.6 Å². The average Bonchev–Trinajstić information content (AvgIpc) is 3.62. The molecule has 3 heterocycles. The lowest BCUT2D eigenvalue weighted by Crippen LogP contribution is -2.56. The van der Waals surface area contributed by atoms with E-state index in [9.17, 15) is 24.3 Å². The number of nitrogens with one attached hydrogen (secondary N) is 1. The summed E-state index contributed by atoms with van der Waals surface area (Å²) >= 11 is 12.2. The zero-order valence-corrected chi connectivity index (χ0v) is 35.0. The first-order valence-corrected chi connectivity index (χ1v) is 20.4. The Kier molecular flexibility index (Phi) is 11.9. The van der Waals surface area contributed by atoms with Crippen LogP contribution in [-0.4, -0.2) is 57.4 Å². The maximum atomic E-state index is 14.2. The molecule has 62 heavy (non-hydrogen) atoms. The minimum absolute atomic E-state index is 0.00337. The van der Waals surface area contributed by atoms with Crippen LogP contribution in [0.2, 0.25) is 10.0 Å². The van der Waals surface area contributed by atoms with E-state index >= 15 is 0 Å². The van der Waals surface area contributed by atoms with Gasteiger partial charge in [-0.05, 0) is 94.4 Å². The minimum Gasteiger partial charge on any atom is -0.489 e. The predicted octanol–water partition coefficient (Wildman–Crippen LogP) is 7.83. The van der Waals surface area contributed by atoms with Gasteiger partial charge < -0.3 is 39.7 Å². The van der Waals surface area contributed by atoms with Crippen LogP contribution in [0.5, 0.6) is 17.2 Å². The smallest absolute Gasteiger partial charge is 0.326 e. The van der Waals surface area contributed by atoms with Gasteiger partial charge in [0.1, 0.15) is 36.8 Å². The van der Waals surface area contributed by atoms with Crippen molar-refractivity contribution in [1.29, 1.82) is 0 Å². The molecule has 3 amide bonds. The van der Waals surface area contributed by atoms with E-state index in [1.165, 1.54) is 4.90 Å². The summed E-state index contributed by atoms with van der Waals surface area (Å²) in [7, 11) is 0. The Bertz CT molecular complexity index is 2680. The summed E-state index contributed by atoms with van der Waals surface area (Å²) in [5.41, 5.74) is 11.4. The standard InChI is InChI=1S/C47H40Cl2N4O9/c1-25-43(51-26(2)61-25)46(56)53-22-34-21-41-40(60-24-42(62-41)31-12-14-35(15-13-31)59-23-28-5-16-36(48)37(49)17-28)20-33(34)19-39(53)45(55)52-38(47(57)58)18-27-3-6-29(7-4-27)30-8-10-32(11-9-30)44(50)54/h3-17,20-21,38-39,42H,18-19,22-24H2,1-2H3,(H2,50,54)(H,52,55)(H,57,58). The van der Waals surface area contributed by atoms with Crippen molar-refractivity contribution in [2.45, 2.75) is 58.0 Å². The highest BCUT2D eigenvalue weighted by molar-refractivity contribution is 6.42. The summed E-state index contributed by atoms with van der Waals surface area (Å²) in [6.07, 6.45) is -0.388. The van der Waals surface area contributed by atoms with Gasteiger partial charge in [-0.15, -0.1) is 0 Å². The van der Waals surface area contributed by atoms with Crippen molar-refractivity contribution in [3.8, 4) is 28.4 Å². The van der Waals surface area contributed by atoms with Gasteiger partial charge in [-0.1, -0.05) is 77.8 Å². The molecule has 0 radical (unpaired) electrons. The Morgan fingerprint density at radius 3 is 2.19 bits per heavy atom. The van der Waals surface area contributed by atoms with E-state index in [2.05, 4.69) is 10.3 Å². The molecule has 0 fully saturated rings. The van der Waals surface area contributed by atoms with Crippen LogP contribution in [0.4, 0.5) is 0 Å². The van der Waals surface area contributed by atoms with Crippen LogP contribution in [0.3, 0.4) is 0 Å². The van der Waals surface area contributed by atoms with Gasteiger partial charge in [-0.2, -0.15) is 0 Å². The number of carboxylic acids is 1. The SMILES string of the molecule is Cc1nc(C(=O)N2Cc3cc4c(cc3CC2C(=O)NC(Cc2ccc(-c3ccc(C(N)=O)cc3)cc2)C(=O)O)OCC(c2ccc(OCc3ccc(Cl)c(Cl)c3)cc2)O4)c(C)o1. The maximum Gasteiger partial charge on any atom is 0.326 e. The van der Waals surface area contributed by atoms with E-state index < -0.39 is 41.9 Å². The molecule has 1 aromatic heterocycles. The van der Waals surface area contributed by atoms with Crippen molar-refractivity contribution in [2.75, 3.05) is 6.61 Å². The number of fused-ring (bicyclic) bond motifs is 2. The van der Waals surface area contributed by atoms with Crippen LogP contribution in [0, 0.1) is 13.8 Å². The molecule has 0 saturated carbocycles. The van der Waals surface area contributed by atoms with Crippen LogP contribution in [0.25, 0.3) is 11.1 Å². The number of oxazole rings is 1. The van der Waals surface area contributed by atoms with Crippen molar-refractivity contribution in [3.05, 3.63) is 164 Å². The third kappa shape index (κ3) is 9.09. The van der Waals surface area contributed by atoms with Crippen molar-refractivity contribution < 1.29 is 42.9 Å². The number of amides is 3. The molecule has 0 aliphatic carbocycles. The molecular weight excluding hydrogens is 835 g/mol. The van der Waals surface area contributed by atoms with Crippen LogP contribution >= 0.6 is 23.2 Å². The number of aliphatic carboxylic acids is 1. The molecule has 0 saturated heterocycles. The molecule has 2 aliphatic rings. The monoisotopic (exact) mass is 874 g/mol. The number of carbonyl (C=O) groups is 4. The first-order valence-electron chi connectivity index (χ1n) is 19.7. The van der Waals surface area contributed by atoms with Gasteiger partial charge in [0, 0.05) is 31.9 Å². The van der Waals surface area contributed by atoms with E-state index in [1.54, 1.807) is 62.4 Å². The second kappa shape index (κ2) is 17.6. The number of nitrogens with two attached hydrogens (primary N) is 1. The van der Waals surface area contributed by atoms with Crippen molar-refractivity contribution in [1.82, 2.24) is 15.2 Å². The zero-order valence-electron chi connectivity index (χ0n) is 33.5. The van der Waals surface area contributed by atoms with Gasteiger partial charge in [0.15, 0.2) is 29.2 Å². The molecule has 3 atom stereocenters. The summed E-state index contributed by atoms with van der Waals surface area (Å²) in [6, 6.07) is 28.1. The second-order valence-electron chi connectivity index (χ2n) is 15.1. The third-order valence-corrected chi connectivity index (χ3v) is 11.6. The highest BCUT2D eigenvalue weighted by Crippen LogP contribution is 2.41. The van der Waals surface area contributed by atoms with E-state index in [4.69, 9.17) is 47.6 Å². The third-order valence-electron chi connectivity index (χ3n) is 10.9. The summed E-state index contributed by atoms with van der Waals surface area (Å²) in [5, 5.41) is 13.9. The Morgan fingerprint density at radius 2 is 1.55 bits per heavy atom. The lowest BCUT2D eigenvalue weighted by molar-refractivity contribution is -0.142. The van der Waals surface area contributed by atoms with Gasteiger partial charge in [-0.25, -0.2) is 9.78 Å². The molecule has 8 rings (SSSR count). The molecule has 6 aromatic rings. The number of aromatic nitrogens is 1. The Balaban J connectivity index is 0.983. The van der Waals surface area contributed by atoms with E-state index in [0.717, 1.165) is 33.4 Å². The fourth-order valence-electron chi connectivity index (χ4n) is 7.57. The largest absolute Gasteiger partial charge is 0.489 e. The molecule has 0 spiro atoms. The van der Waals surface area contributed by atoms with Crippen molar-refractivity contribution >= 4 is 46.9 Å². The number of aryl methyl sites for hydroxylation is 2. The quantitative estimate of drug-likeness (QED) is 0.110. The normalized spacial score (nSPS) is 15.9. The van der Waals surface area contributed by atoms with Crippen LogP contribution in [0.1, 0.15) is 66.4 Å². The highest BCUT2D eigenvalue weighted by Gasteiger charge is 2.39. The van der Waals surface area contributed by atoms with Crippen LogP contribution in [-0.2, 0) is 35.6 Å². The van der Waals surface area contributed by atoms with Gasteiger partial charge in [0.05, 0.1) is 10.0 Å². The molecule has 13 nitrogen and oxygen atoms in total. The Morgan fingerprint density at radius 1 is 0.871 bits per heavy atom. The van der Waals surface area contributed by atoms with E-state index in [-0.39, 0.29) is 31.7 Å². The molecule has 0 bridgehead atoms. The van der Waals surface area contributed by atoms with Crippen LogP contribution in [0.15, 0.2) is 108 Å². The maximum absolute atomic E-state index is 14.2. The lowest BCUT2D eigenvalue weighted by atomic mass is 9.91. The Labute approximate surface area is 366 Å². The van der Waals surface area contributed by atoms with Crippen molar-refractivity contribution in [3.63, 3.8) is 0 Å². The summed E-state index contributed by atoms with van der Waals surface area (Å²) in [5.74, 6) is -0.732. The number of primary amides is 1. The number of carboxylic acid groups (broad SMARTS) is 1. The van der Waals surface area contributed by atoms with Crippen LogP contribution < -0.4 is 25.3 Å². The predicted molar refractivity (Wildman–Crippen MR) is 230 cm³/mol. The van der Waals surface area contributed by atoms with Gasteiger partial charge in [-0.3, -0.25) is 14.4 Å². The average molecular weight is 876 g/mol. The fourth-order valence-corrected chi connectivity index (χ4v) is 7.89. The highest BCUT2D eigenvalue weighted by atomic mass is 35.5. The molecule has 15 heteroatoms. The number of ether oxygens (including phenoxy) is 3. The Hall–Kier alpha value is -6.83. The number of benzene rings is 5. The molecular formula is C47H40Cl2N4O9. The molecule has 316 valence electrons. The van der Waals surface area contributed by atoms with Gasteiger partial charge in [0.2, 0.25) is 11.8 Å². The number of halogens is 2. The number of nitrogens with zero attached hydrogens (tertiary/aromatic N) is 2. The molecule has 2 aliphatic heterocycles. The number of rotatable bonds is 12. The summed E-state index contributed by atoms with van der Waals surface area (Å²) < 4.78 is 24.2. The van der Waals surface area contributed by atoms with Gasteiger partial charge >= 0.3 is 5.97 Å². The topological polar surface area (TPSA) is 184 Å². The summed E-state index contributed by atoms with van der Waals surface area (Å²) in [4.78, 5) is 58.1. The fraction of sp³-hybridized carbons (Fsp3) is 0.213. The minimum atomic E-state index is -1.31. The summed E-state index contributed by atoms with van der Waals surface area (Å²) in [6.45, 7) is 3.78. The van der Waals surface area contributed by atoms with Crippen molar-refractivity contribution in [2.24, 2.45) is 5.73 Å². The van der Waals surface area contributed by atoms with E-state index in [0.29, 0.717) is 56.7 Å². The van der Waals surface area contributed by atoms with Gasteiger partial charge in [0.25, 0.3) is 5.91 Å². The first-order chi connectivity index (χ1) is 29.8. The molecule has 4 N–H and O–H groups in total. The number of carbonyl (C=O) groups excluding carboxylic acids is 3. The first kappa shape index (κ1) is 41.9.